The van der Waals surface area contributed by atoms with E-state index >= 15 is 0 Å². The second-order valence-corrected chi connectivity index (χ2v) is 9.14. The third kappa shape index (κ3) is 3.39. The summed E-state index contributed by atoms with van der Waals surface area (Å²) in [4.78, 5) is 31.9. The summed E-state index contributed by atoms with van der Waals surface area (Å²) in [5.41, 5.74) is 2.96. The molecule has 0 bridgehead atoms. The topological polar surface area (TPSA) is 53.1 Å². The molecule has 0 N–H and O–H groups in total. The summed E-state index contributed by atoms with van der Waals surface area (Å²) in [6, 6.07) is 12.8. The average Bonchev–Trinajstić information content (AvgIpc) is 3.06. The van der Waals surface area contributed by atoms with Gasteiger partial charge >= 0.3 is 0 Å². The highest BCUT2D eigenvalue weighted by Gasteiger charge is 2.39. The molecule has 2 amide bonds. The molecular weight excluding hydrogens is 390 g/mol. The number of rotatable bonds is 3. The number of likely N-dealkylation sites (tertiary alicyclic amines) is 1. The first-order valence-corrected chi connectivity index (χ1v) is 11.1. The van der Waals surface area contributed by atoms with E-state index in [-0.39, 0.29) is 11.8 Å². The fourth-order valence-electron chi connectivity index (χ4n) is 5.29. The maximum Gasteiger partial charge on any atom is 0.266 e. The van der Waals surface area contributed by atoms with Crippen molar-refractivity contribution in [1.82, 2.24) is 4.90 Å². The highest BCUT2D eigenvalue weighted by Crippen LogP contribution is 2.43. The molecule has 0 saturated carbocycles. The zero-order chi connectivity index (χ0) is 21.6. The number of ether oxygens (including phenoxy) is 1. The van der Waals surface area contributed by atoms with Crippen LogP contribution in [0.2, 0.25) is 0 Å². The predicted octanol–water partition coefficient (Wildman–Crippen LogP) is 3.81. The molecule has 3 heterocycles. The van der Waals surface area contributed by atoms with Crippen molar-refractivity contribution in [3.63, 3.8) is 0 Å². The first kappa shape index (κ1) is 20.1. The van der Waals surface area contributed by atoms with Crippen LogP contribution in [0.5, 0.6) is 5.75 Å². The SMILES string of the molecule is COc1cc(N2CCC3(CCN(C)CC3)CC2)ccc1N1C(=O)c2ccccc2C1=O. The number of nitrogens with zero attached hydrogens (tertiary/aromatic N) is 3. The lowest BCUT2D eigenvalue weighted by molar-refractivity contribution is 0.0924. The number of anilines is 2. The Hall–Kier alpha value is -2.86. The van der Waals surface area contributed by atoms with E-state index in [2.05, 4.69) is 16.8 Å². The second-order valence-electron chi connectivity index (χ2n) is 9.14. The monoisotopic (exact) mass is 419 g/mol. The van der Waals surface area contributed by atoms with Gasteiger partial charge in [0.05, 0.1) is 23.9 Å². The van der Waals surface area contributed by atoms with E-state index in [1.165, 1.54) is 43.7 Å². The van der Waals surface area contributed by atoms with E-state index in [0.717, 1.165) is 18.8 Å². The Bertz CT molecular complexity index is 981. The molecule has 6 heteroatoms. The largest absolute Gasteiger partial charge is 0.494 e. The van der Waals surface area contributed by atoms with E-state index in [1.807, 2.05) is 18.2 Å². The van der Waals surface area contributed by atoms with E-state index in [0.29, 0.717) is 28.0 Å². The van der Waals surface area contributed by atoms with Gasteiger partial charge in [0.15, 0.2) is 0 Å². The minimum Gasteiger partial charge on any atom is -0.494 e. The molecule has 6 nitrogen and oxygen atoms in total. The zero-order valence-corrected chi connectivity index (χ0v) is 18.3. The van der Waals surface area contributed by atoms with Gasteiger partial charge in [-0.25, -0.2) is 4.90 Å². The van der Waals surface area contributed by atoms with E-state index < -0.39 is 0 Å². The third-order valence-corrected chi connectivity index (χ3v) is 7.44. The van der Waals surface area contributed by atoms with E-state index in [9.17, 15) is 9.59 Å². The number of fused-ring (bicyclic) bond motifs is 1. The second kappa shape index (κ2) is 7.68. The van der Waals surface area contributed by atoms with Crippen molar-refractivity contribution < 1.29 is 14.3 Å². The van der Waals surface area contributed by atoms with E-state index in [1.54, 1.807) is 31.4 Å². The molecule has 3 aliphatic heterocycles. The van der Waals surface area contributed by atoms with Crippen molar-refractivity contribution in [2.24, 2.45) is 5.41 Å². The van der Waals surface area contributed by atoms with Crippen LogP contribution in [0.3, 0.4) is 0 Å². The molecule has 0 unspecified atom stereocenters. The highest BCUT2D eigenvalue weighted by atomic mass is 16.5. The summed E-state index contributed by atoms with van der Waals surface area (Å²) in [5, 5.41) is 0. The Labute approximate surface area is 183 Å². The van der Waals surface area contributed by atoms with Gasteiger partial charge in [0.25, 0.3) is 11.8 Å². The summed E-state index contributed by atoms with van der Waals surface area (Å²) < 4.78 is 5.63. The van der Waals surface area contributed by atoms with Gasteiger partial charge in [0.2, 0.25) is 0 Å². The van der Waals surface area contributed by atoms with Gasteiger partial charge in [-0.05, 0) is 75.5 Å². The van der Waals surface area contributed by atoms with Crippen LogP contribution in [0.15, 0.2) is 42.5 Å². The molecule has 2 saturated heterocycles. The number of carbonyl (C=O) groups excluding carboxylic acids is 2. The number of amides is 2. The molecule has 2 aromatic carbocycles. The molecule has 0 aliphatic carbocycles. The van der Waals surface area contributed by atoms with Gasteiger partial charge < -0.3 is 14.5 Å². The number of benzene rings is 2. The molecule has 0 aromatic heterocycles. The first-order chi connectivity index (χ1) is 15.0. The molecule has 5 rings (SSSR count). The molecule has 162 valence electrons. The Kier molecular flexibility index (Phi) is 4.97. The fourth-order valence-corrected chi connectivity index (χ4v) is 5.29. The van der Waals surface area contributed by atoms with Crippen LogP contribution in [0.25, 0.3) is 0 Å². The van der Waals surface area contributed by atoms with E-state index in [4.69, 9.17) is 4.74 Å². The van der Waals surface area contributed by atoms with Crippen molar-refractivity contribution in [3.8, 4) is 5.75 Å². The number of methoxy groups -OCH3 is 1. The number of piperidine rings is 2. The minimum absolute atomic E-state index is 0.297. The lowest BCUT2D eigenvalue weighted by Gasteiger charge is -2.47. The summed E-state index contributed by atoms with van der Waals surface area (Å²) in [6.45, 7) is 4.45. The normalized spacial score (nSPS) is 21.0. The maximum atomic E-state index is 12.9. The maximum absolute atomic E-state index is 12.9. The Morgan fingerprint density at radius 1 is 0.839 bits per heavy atom. The number of imide groups is 1. The zero-order valence-electron chi connectivity index (χ0n) is 18.3. The molecule has 31 heavy (non-hydrogen) atoms. The van der Waals surface area contributed by atoms with Crippen molar-refractivity contribution in [3.05, 3.63) is 53.6 Å². The van der Waals surface area contributed by atoms with Gasteiger partial charge in [0, 0.05) is 24.8 Å². The molecular formula is C25H29N3O3. The van der Waals surface area contributed by atoms with Crippen LogP contribution in [0.1, 0.15) is 46.4 Å². The molecule has 3 aliphatic rings. The van der Waals surface area contributed by atoms with Crippen LogP contribution < -0.4 is 14.5 Å². The highest BCUT2D eigenvalue weighted by molar-refractivity contribution is 6.34. The van der Waals surface area contributed by atoms with Gasteiger partial charge in [-0.3, -0.25) is 9.59 Å². The quantitative estimate of drug-likeness (QED) is 0.708. The summed E-state index contributed by atoms with van der Waals surface area (Å²) in [5.74, 6) is -0.0470. The van der Waals surface area contributed by atoms with Crippen molar-refractivity contribution in [2.75, 3.05) is 50.1 Å². The molecule has 2 fully saturated rings. The Balaban J connectivity index is 1.36. The van der Waals surface area contributed by atoms with Crippen molar-refractivity contribution in [2.45, 2.75) is 25.7 Å². The summed E-state index contributed by atoms with van der Waals surface area (Å²) in [7, 11) is 3.80. The fraction of sp³-hybridized carbons (Fsp3) is 0.440. The number of hydrogen-bond acceptors (Lipinski definition) is 5. The van der Waals surface area contributed by atoms with Crippen LogP contribution in [-0.2, 0) is 0 Å². The standard InChI is InChI=1S/C25H29N3O3/c1-26-13-9-25(10-14-26)11-15-27(16-12-25)18-7-8-21(22(17-18)31-2)28-23(29)19-5-3-4-6-20(19)24(28)30/h3-8,17H,9-16H2,1-2H3. The third-order valence-electron chi connectivity index (χ3n) is 7.44. The number of hydrogen-bond donors (Lipinski definition) is 0. The molecule has 0 radical (unpaired) electrons. The molecule has 2 aromatic rings. The van der Waals surface area contributed by atoms with Gasteiger partial charge in [-0.15, -0.1) is 0 Å². The van der Waals surface area contributed by atoms with Gasteiger partial charge in [0.1, 0.15) is 5.75 Å². The van der Waals surface area contributed by atoms with Gasteiger partial charge in [-0.2, -0.15) is 0 Å². The van der Waals surface area contributed by atoms with Crippen molar-refractivity contribution >= 4 is 23.2 Å². The minimum atomic E-state index is -0.297. The lowest BCUT2D eigenvalue weighted by Crippen LogP contribution is -2.46. The van der Waals surface area contributed by atoms with Crippen LogP contribution in [-0.4, -0.2) is 57.1 Å². The van der Waals surface area contributed by atoms with Crippen LogP contribution in [0.4, 0.5) is 11.4 Å². The molecule has 1 spiro atoms. The van der Waals surface area contributed by atoms with Crippen molar-refractivity contribution in [1.29, 1.82) is 0 Å². The van der Waals surface area contributed by atoms with Crippen LogP contribution in [0, 0.1) is 5.41 Å². The average molecular weight is 420 g/mol. The lowest BCUT2D eigenvalue weighted by atomic mass is 9.71. The molecule has 0 atom stereocenters. The summed E-state index contributed by atoms with van der Waals surface area (Å²) in [6.07, 6.45) is 5.01. The number of carbonyl (C=O) groups is 2. The van der Waals surface area contributed by atoms with Crippen LogP contribution >= 0.6 is 0 Å². The predicted molar refractivity (Wildman–Crippen MR) is 121 cm³/mol. The first-order valence-electron chi connectivity index (χ1n) is 11.1. The summed E-state index contributed by atoms with van der Waals surface area (Å²) >= 11 is 0. The van der Waals surface area contributed by atoms with Gasteiger partial charge in [-0.1, -0.05) is 12.1 Å². The Morgan fingerprint density at radius 3 is 2.00 bits per heavy atom. The smallest absolute Gasteiger partial charge is 0.266 e. The Morgan fingerprint density at radius 2 is 1.42 bits per heavy atom.